The molecule has 1 aromatic heterocycles. The molecule has 10 heteroatoms. The number of aromatic nitrogens is 2. The van der Waals surface area contributed by atoms with Gasteiger partial charge in [-0.05, 0) is 31.7 Å². The monoisotopic (exact) mass is 427 g/mol. The summed E-state index contributed by atoms with van der Waals surface area (Å²) in [6.45, 7) is 0.982. The van der Waals surface area contributed by atoms with Crippen LogP contribution in [-0.4, -0.2) is 53.0 Å². The number of nitrogens with two attached hydrogens (primary N) is 2. The van der Waals surface area contributed by atoms with Crippen molar-refractivity contribution in [2.75, 3.05) is 26.4 Å². The zero-order chi connectivity index (χ0) is 21.7. The van der Waals surface area contributed by atoms with Crippen LogP contribution in [0.1, 0.15) is 49.4 Å². The number of fused-ring (bicyclic) bond motifs is 1. The molecule has 2 aliphatic carbocycles. The van der Waals surface area contributed by atoms with Crippen LogP contribution < -0.4 is 22.7 Å². The lowest BCUT2D eigenvalue weighted by atomic mass is 9.85. The highest BCUT2D eigenvalue weighted by Gasteiger charge is 2.45. The first-order valence-electron chi connectivity index (χ1n) is 10.5. The van der Waals surface area contributed by atoms with Crippen molar-refractivity contribution in [2.24, 2.45) is 23.3 Å². The zero-order valence-corrected chi connectivity index (χ0v) is 16.9. The summed E-state index contributed by atoms with van der Waals surface area (Å²) >= 11 is 0. The lowest BCUT2D eigenvalue weighted by Crippen LogP contribution is -2.47. The molecule has 30 heavy (non-hydrogen) atoms. The lowest BCUT2D eigenvalue weighted by Gasteiger charge is -2.37. The molecule has 5 N–H and O–H groups in total. The molecule has 0 amide bonds. The van der Waals surface area contributed by atoms with Gasteiger partial charge in [0.05, 0.1) is 30.7 Å². The second-order valence-electron chi connectivity index (χ2n) is 8.81. The molecule has 166 valence electrons. The van der Waals surface area contributed by atoms with E-state index in [9.17, 15) is 18.4 Å². The van der Waals surface area contributed by atoms with E-state index in [1.54, 1.807) is 11.5 Å². The van der Waals surface area contributed by atoms with Crippen LogP contribution in [0.3, 0.4) is 0 Å². The Morgan fingerprint density at radius 3 is 2.47 bits per heavy atom. The van der Waals surface area contributed by atoms with Crippen molar-refractivity contribution in [3.05, 3.63) is 37.9 Å². The predicted octanol–water partition coefficient (Wildman–Crippen LogP) is 1.16. The normalized spacial score (nSPS) is 28.3. The van der Waals surface area contributed by atoms with Crippen molar-refractivity contribution in [3.63, 3.8) is 0 Å². The summed E-state index contributed by atoms with van der Waals surface area (Å²) in [5, 5.41) is 0. The van der Waals surface area contributed by atoms with Gasteiger partial charge in [-0.2, -0.15) is 0 Å². The average molecular weight is 427 g/mol. The first-order chi connectivity index (χ1) is 14.3. The van der Waals surface area contributed by atoms with Crippen LogP contribution >= 0.6 is 0 Å². The van der Waals surface area contributed by atoms with Crippen LogP contribution in [0.15, 0.2) is 15.4 Å². The van der Waals surface area contributed by atoms with E-state index in [0.29, 0.717) is 25.2 Å². The molecule has 7 nitrogen and oxygen atoms in total. The minimum absolute atomic E-state index is 0.0187. The first-order valence-corrected chi connectivity index (χ1v) is 10.5. The van der Waals surface area contributed by atoms with E-state index in [-0.39, 0.29) is 23.2 Å². The highest BCUT2D eigenvalue weighted by molar-refractivity contribution is 5.70. The second kappa shape index (κ2) is 7.88. The predicted molar refractivity (Wildman–Crippen MR) is 107 cm³/mol. The second-order valence-corrected chi connectivity index (χ2v) is 8.81. The maximum absolute atomic E-state index is 15.4. The standard InChI is InChI=1S/C20H28F3N5O2/c1-9-17-13(19(29)26-20(30)28(17)12-2-3-12)16(25)14(23)18(9)27-5-4-10(8-27)15(24)11(6-21)7-22/h9-12,15,18H,2-8,24-25H2,1H3,(H,26,29,30). The van der Waals surface area contributed by atoms with Crippen LogP contribution in [0.2, 0.25) is 0 Å². The van der Waals surface area contributed by atoms with Crippen molar-refractivity contribution in [1.29, 1.82) is 0 Å². The van der Waals surface area contributed by atoms with Gasteiger partial charge >= 0.3 is 5.69 Å². The van der Waals surface area contributed by atoms with Gasteiger partial charge in [-0.3, -0.25) is 28.0 Å². The van der Waals surface area contributed by atoms with Gasteiger partial charge in [0.2, 0.25) is 0 Å². The number of nitrogens with zero attached hydrogens (tertiary/aromatic N) is 2. The fourth-order valence-electron chi connectivity index (χ4n) is 5.11. The number of rotatable bonds is 6. The molecule has 4 atom stereocenters. The summed E-state index contributed by atoms with van der Waals surface area (Å²) in [5.74, 6) is -2.14. The van der Waals surface area contributed by atoms with Gasteiger partial charge in [0.15, 0.2) is 0 Å². The van der Waals surface area contributed by atoms with Gasteiger partial charge in [-0.1, -0.05) is 6.92 Å². The Morgan fingerprint density at radius 1 is 1.20 bits per heavy atom. The molecule has 1 saturated carbocycles. The number of nitrogens with one attached hydrogen (secondary N) is 1. The molecular formula is C20H28F3N5O2. The van der Waals surface area contributed by atoms with Crippen molar-refractivity contribution in [1.82, 2.24) is 14.5 Å². The first kappa shape index (κ1) is 21.2. The van der Waals surface area contributed by atoms with E-state index >= 15 is 4.39 Å². The van der Waals surface area contributed by atoms with Gasteiger partial charge in [0, 0.05) is 36.2 Å². The van der Waals surface area contributed by atoms with Crippen LogP contribution in [0, 0.1) is 11.8 Å². The summed E-state index contributed by atoms with van der Waals surface area (Å²) in [7, 11) is 0. The zero-order valence-electron chi connectivity index (χ0n) is 16.9. The SMILES string of the molecule is CC1c2c(c(=O)[nH]c(=O)n2C2CC2)C(N)=C(F)C1N1CCC(C(N)C(CF)CF)C1. The maximum atomic E-state index is 15.4. The van der Waals surface area contributed by atoms with E-state index in [2.05, 4.69) is 4.98 Å². The number of hydrogen-bond acceptors (Lipinski definition) is 5. The quantitative estimate of drug-likeness (QED) is 0.631. The van der Waals surface area contributed by atoms with Gasteiger partial charge in [0.1, 0.15) is 5.83 Å². The number of H-pyrrole nitrogens is 1. The summed E-state index contributed by atoms with van der Waals surface area (Å²) in [6.07, 6.45) is 2.22. The summed E-state index contributed by atoms with van der Waals surface area (Å²) in [6, 6.07) is -1.43. The van der Waals surface area contributed by atoms with E-state index in [0.717, 1.165) is 12.8 Å². The smallest absolute Gasteiger partial charge is 0.328 e. The Labute approximate surface area is 171 Å². The van der Waals surface area contributed by atoms with E-state index in [1.165, 1.54) is 0 Å². The summed E-state index contributed by atoms with van der Waals surface area (Å²) < 4.78 is 43.1. The minimum Gasteiger partial charge on any atom is -0.396 e. The van der Waals surface area contributed by atoms with Gasteiger partial charge in [-0.15, -0.1) is 0 Å². The number of hydrogen-bond donors (Lipinski definition) is 3. The van der Waals surface area contributed by atoms with Crippen LogP contribution in [-0.2, 0) is 0 Å². The topological polar surface area (TPSA) is 110 Å². The summed E-state index contributed by atoms with van der Waals surface area (Å²) in [5.41, 5.74) is 11.2. The van der Waals surface area contributed by atoms with E-state index in [4.69, 9.17) is 11.5 Å². The molecule has 1 saturated heterocycles. The fourth-order valence-corrected chi connectivity index (χ4v) is 5.11. The van der Waals surface area contributed by atoms with E-state index < -0.39 is 54.3 Å². The van der Waals surface area contributed by atoms with Crippen molar-refractivity contribution >= 4 is 5.70 Å². The minimum atomic E-state index is -0.872. The fraction of sp³-hybridized carbons (Fsp3) is 0.700. The third-order valence-corrected chi connectivity index (χ3v) is 6.92. The Hall–Kier alpha value is -2.07. The molecule has 2 fully saturated rings. The van der Waals surface area contributed by atoms with Crippen molar-refractivity contribution < 1.29 is 13.2 Å². The van der Waals surface area contributed by atoms with Crippen molar-refractivity contribution in [3.8, 4) is 0 Å². The van der Waals surface area contributed by atoms with Gasteiger partial charge < -0.3 is 11.5 Å². The molecule has 4 unspecified atom stereocenters. The number of alkyl halides is 2. The molecule has 0 radical (unpaired) electrons. The maximum Gasteiger partial charge on any atom is 0.328 e. The molecular weight excluding hydrogens is 399 g/mol. The molecule has 1 aromatic rings. The third kappa shape index (κ3) is 3.30. The summed E-state index contributed by atoms with van der Waals surface area (Å²) in [4.78, 5) is 29.1. The van der Waals surface area contributed by atoms with Gasteiger partial charge in [-0.25, -0.2) is 9.18 Å². The largest absolute Gasteiger partial charge is 0.396 e. The molecule has 0 aromatic carbocycles. The Balaban J connectivity index is 1.69. The average Bonchev–Trinajstić information content (AvgIpc) is 3.43. The molecule has 1 aliphatic heterocycles. The molecule has 4 rings (SSSR count). The van der Waals surface area contributed by atoms with Crippen molar-refractivity contribution in [2.45, 2.75) is 50.2 Å². The Morgan fingerprint density at radius 2 is 1.87 bits per heavy atom. The van der Waals surface area contributed by atoms with Crippen LogP contribution in [0.5, 0.6) is 0 Å². The van der Waals surface area contributed by atoms with Gasteiger partial charge in [0.25, 0.3) is 5.56 Å². The molecule has 0 spiro atoms. The number of aromatic amines is 1. The van der Waals surface area contributed by atoms with Crippen LogP contribution in [0.4, 0.5) is 13.2 Å². The Bertz CT molecular complexity index is 966. The number of halogens is 3. The number of likely N-dealkylation sites (tertiary alicyclic amines) is 1. The highest BCUT2D eigenvalue weighted by Crippen LogP contribution is 2.43. The molecule has 3 aliphatic rings. The Kier molecular flexibility index (Phi) is 5.56. The molecule has 0 bridgehead atoms. The third-order valence-electron chi connectivity index (χ3n) is 6.92. The lowest BCUT2D eigenvalue weighted by molar-refractivity contribution is 0.180. The highest BCUT2D eigenvalue weighted by atomic mass is 19.1. The van der Waals surface area contributed by atoms with Crippen LogP contribution in [0.25, 0.3) is 5.70 Å². The van der Waals surface area contributed by atoms with E-state index in [1.807, 2.05) is 4.90 Å². The molecule has 2 heterocycles.